The van der Waals surface area contributed by atoms with Gasteiger partial charge >= 0.3 is 0 Å². The number of halogens is 1. The van der Waals surface area contributed by atoms with Gasteiger partial charge in [-0.25, -0.2) is 9.37 Å². The molecule has 1 fully saturated rings. The number of nitrogens with zero attached hydrogens (tertiary/aromatic N) is 3. The summed E-state index contributed by atoms with van der Waals surface area (Å²) in [5, 5.41) is 4.55. The maximum absolute atomic E-state index is 13.0. The lowest BCUT2D eigenvalue weighted by Gasteiger charge is -2.17. The molecule has 2 aromatic heterocycles. The van der Waals surface area contributed by atoms with Crippen molar-refractivity contribution in [2.45, 2.75) is 19.0 Å². The second-order valence-corrected chi connectivity index (χ2v) is 7.18. The summed E-state index contributed by atoms with van der Waals surface area (Å²) in [6, 6.07) is 7.00. The topological polar surface area (TPSA) is 84.3 Å². The number of aromatic nitrogens is 2. The molecular formula is C18H15FN4O3S. The van der Waals surface area contributed by atoms with Gasteiger partial charge < -0.3 is 10.2 Å². The van der Waals surface area contributed by atoms with Crippen LogP contribution in [-0.2, 0) is 16.1 Å². The molecule has 1 atom stereocenters. The fraction of sp³-hybridized carbons (Fsp3) is 0.222. The molecule has 3 heterocycles. The zero-order valence-electron chi connectivity index (χ0n) is 14.1. The number of carbonyl (C=O) groups excluding carboxylic acids is 2. The Morgan fingerprint density at radius 1 is 1.26 bits per heavy atom. The van der Waals surface area contributed by atoms with Crippen molar-refractivity contribution in [3.63, 3.8) is 0 Å². The van der Waals surface area contributed by atoms with Gasteiger partial charge in [0.25, 0.3) is 5.56 Å². The minimum Gasteiger partial charge on any atom is -0.349 e. The van der Waals surface area contributed by atoms with E-state index in [0.29, 0.717) is 22.4 Å². The highest BCUT2D eigenvalue weighted by molar-refractivity contribution is 7.17. The largest absolute Gasteiger partial charge is 0.349 e. The van der Waals surface area contributed by atoms with Crippen LogP contribution in [0.5, 0.6) is 0 Å². The number of anilines is 1. The molecule has 1 unspecified atom stereocenters. The van der Waals surface area contributed by atoms with Crippen LogP contribution in [0.4, 0.5) is 10.1 Å². The summed E-state index contributed by atoms with van der Waals surface area (Å²) in [6.07, 6.45) is 1.50. The molecule has 2 amide bonds. The first-order chi connectivity index (χ1) is 13.0. The van der Waals surface area contributed by atoms with Crippen LogP contribution in [0.25, 0.3) is 10.2 Å². The Hall–Kier alpha value is -3.07. The number of benzene rings is 1. The number of rotatable bonds is 4. The van der Waals surface area contributed by atoms with E-state index in [1.807, 2.05) is 0 Å². The average Bonchev–Trinajstić information content (AvgIpc) is 3.25. The molecule has 27 heavy (non-hydrogen) atoms. The van der Waals surface area contributed by atoms with E-state index in [1.165, 1.54) is 51.4 Å². The quantitative estimate of drug-likeness (QED) is 0.737. The molecule has 4 rings (SSSR count). The SMILES string of the molecule is O=C(Cn1cnc2ccsc2c1=O)NC1CC(=O)N(c2ccc(F)cc2)C1. The van der Waals surface area contributed by atoms with E-state index in [0.717, 1.165) is 0 Å². The molecular weight excluding hydrogens is 371 g/mol. The van der Waals surface area contributed by atoms with Crippen LogP contribution in [0, 0.1) is 5.82 Å². The number of thiophene rings is 1. The molecule has 7 nitrogen and oxygen atoms in total. The van der Waals surface area contributed by atoms with E-state index in [2.05, 4.69) is 10.3 Å². The van der Waals surface area contributed by atoms with Crippen LogP contribution in [0.1, 0.15) is 6.42 Å². The summed E-state index contributed by atoms with van der Waals surface area (Å²) in [5.41, 5.74) is 0.931. The molecule has 9 heteroatoms. The monoisotopic (exact) mass is 386 g/mol. The van der Waals surface area contributed by atoms with Crippen LogP contribution < -0.4 is 15.8 Å². The van der Waals surface area contributed by atoms with Crippen molar-refractivity contribution in [1.82, 2.24) is 14.9 Å². The molecule has 3 aromatic rings. The van der Waals surface area contributed by atoms with Crippen LogP contribution in [0.2, 0.25) is 0 Å². The van der Waals surface area contributed by atoms with Crippen LogP contribution >= 0.6 is 11.3 Å². The van der Waals surface area contributed by atoms with Gasteiger partial charge in [-0.2, -0.15) is 0 Å². The summed E-state index contributed by atoms with van der Waals surface area (Å²) in [4.78, 5) is 42.5. The van der Waals surface area contributed by atoms with E-state index in [9.17, 15) is 18.8 Å². The Labute approximate surface area is 157 Å². The zero-order valence-corrected chi connectivity index (χ0v) is 14.9. The van der Waals surface area contributed by atoms with E-state index in [1.54, 1.807) is 11.4 Å². The van der Waals surface area contributed by atoms with Crippen LogP contribution in [-0.4, -0.2) is 34.0 Å². The van der Waals surface area contributed by atoms with Gasteiger partial charge in [0.15, 0.2) is 0 Å². The van der Waals surface area contributed by atoms with Gasteiger partial charge in [-0.15, -0.1) is 11.3 Å². The Kier molecular flexibility index (Phi) is 4.44. The number of fused-ring (bicyclic) bond motifs is 1. The third-order valence-electron chi connectivity index (χ3n) is 4.38. The van der Waals surface area contributed by atoms with E-state index >= 15 is 0 Å². The Morgan fingerprint density at radius 2 is 2.04 bits per heavy atom. The molecule has 138 valence electrons. The molecule has 0 saturated carbocycles. The predicted molar refractivity (Wildman–Crippen MR) is 99.2 cm³/mol. The lowest BCUT2D eigenvalue weighted by atomic mass is 10.2. The van der Waals surface area contributed by atoms with E-state index in [-0.39, 0.29) is 42.2 Å². The lowest BCUT2D eigenvalue weighted by molar-refractivity contribution is -0.122. The van der Waals surface area contributed by atoms with E-state index < -0.39 is 0 Å². The Balaban J connectivity index is 1.42. The minimum atomic E-state index is -0.378. The summed E-state index contributed by atoms with van der Waals surface area (Å²) < 4.78 is 14.8. The van der Waals surface area contributed by atoms with Crippen LogP contribution in [0.15, 0.2) is 46.8 Å². The Bertz CT molecular complexity index is 1080. The van der Waals surface area contributed by atoms with Crippen molar-refractivity contribution >= 4 is 39.1 Å². The third kappa shape index (κ3) is 3.45. The first-order valence-electron chi connectivity index (χ1n) is 8.29. The van der Waals surface area contributed by atoms with Gasteiger partial charge in [-0.3, -0.25) is 19.0 Å². The molecule has 1 aromatic carbocycles. The highest BCUT2D eigenvalue weighted by Gasteiger charge is 2.31. The molecule has 1 saturated heterocycles. The van der Waals surface area contributed by atoms with Gasteiger partial charge in [0.1, 0.15) is 17.1 Å². The highest BCUT2D eigenvalue weighted by Crippen LogP contribution is 2.21. The number of hydrogen-bond acceptors (Lipinski definition) is 5. The molecule has 1 aliphatic heterocycles. The number of amides is 2. The maximum atomic E-state index is 13.0. The third-order valence-corrected chi connectivity index (χ3v) is 5.27. The molecule has 1 N–H and O–H groups in total. The van der Waals surface area contributed by atoms with Crippen LogP contribution in [0.3, 0.4) is 0 Å². The van der Waals surface area contributed by atoms with Gasteiger partial charge in [0.05, 0.1) is 17.9 Å². The molecule has 0 bridgehead atoms. The number of carbonyl (C=O) groups is 2. The fourth-order valence-electron chi connectivity index (χ4n) is 3.09. The van der Waals surface area contributed by atoms with Crippen molar-refractivity contribution in [3.8, 4) is 0 Å². The average molecular weight is 386 g/mol. The van der Waals surface area contributed by atoms with E-state index in [4.69, 9.17) is 0 Å². The highest BCUT2D eigenvalue weighted by atomic mass is 32.1. The zero-order chi connectivity index (χ0) is 19.0. The molecule has 0 spiro atoms. The molecule has 0 aliphatic carbocycles. The summed E-state index contributed by atoms with van der Waals surface area (Å²) in [7, 11) is 0. The van der Waals surface area contributed by atoms with Gasteiger partial charge in [-0.1, -0.05) is 0 Å². The molecule has 1 aliphatic rings. The smallest absolute Gasteiger partial charge is 0.271 e. The summed E-state index contributed by atoms with van der Waals surface area (Å²) >= 11 is 1.28. The van der Waals surface area contributed by atoms with Crippen molar-refractivity contribution in [2.75, 3.05) is 11.4 Å². The van der Waals surface area contributed by atoms with Crippen molar-refractivity contribution < 1.29 is 14.0 Å². The second-order valence-electron chi connectivity index (χ2n) is 6.26. The number of hydrogen-bond donors (Lipinski definition) is 1. The summed E-state index contributed by atoms with van der Waals surface area (Å²) in [5.74, 6) is -0.892. The standard InChI is InChI=1S/C18H15FN4O3S/c19-11-1-3-13(4-2-11)23-8-12(7-16(23)25)21-15(24)9-22-10-20-14-5-6-27-17(14)18(22)26/h1-6,10,12H,7-9H2,(H,21,24). The predicted octanol–water partition coefficient (Wildman–Crippen LogP) is 1.52. The normalized spacial score (nSPS) is 16.9. The van der Waals surface area contributed by atoms with Crippen molar-refractivity contribution in [3.05, 3.63) is 58.2 Å². The second kappa shape index (κ2) is 6.92. The maximum Gasteiger partial charge on any atom is 0.271 e. The fourth-order valence-corrected chi connectivity index (χ4v) is 3.89. The van der Waals surface area contributed by atoms with Crippen molar-refractivity contribution in [2.24, 2.45) is 0 Å². The first kappa shape index (κ1) is 17.3. The number of nitrogens with one attached hydrogen (secondary N) is 1. The summed E-state index contributed by atoms with van der Waals surface area (Å²) in [6.45, 7) is 0.133. The van der Waals surface area contributed by atoms with Gasteiger partial charge in [-0.05, 0) is 35.7 Å². The lowest BCUT2D eigenvalue weighted by Crippen LogP contribution is -2.40. The van der Waals surface area contributed by atoms with Gasteiger partial charge in [0, 0.05) is 18.7 Å². The first-order valence-corrected chi connectivity index (χ1v) is 9.17. The van der Waals surface area contributed by atoms with Gasteiger partial charge in [0.2, 0.25) is 11.8 Å². The minimum absolute atomic E-state index is 0.147. The Morgan fingerprint density at radius 3 is 2.81 bits per heavy atom. The molecule has 0 radical (unpaired) electrons. The van der Waals surface area contributed by atoms with Crippen molar-refractivity contribution in [1.29, 1.82) is 0 Å².